The van der Waals surface area contributed by atoms with E-state index in [-0.39, 0.29) is 5.78 Å². The van der Waals surface area contributed by atoms with E-state index in [0.717, 1.165) is 45.3 Å². The molecule has 144 valence electrons. The van der Waals surface area contributed by atoms with Crippen molar-refractivity contribution in [2.24, 2.45) is 0 Å². The van der Waals surface area contributed by atoms with Gasteiger partial charge in [0.05, 0.1) is 0 Å². The smallest absolute Gasteiger partial charge is 0.193 e. The minimum atomic E-state index is 0.00895. The summed E-state index contributed by atoms with van der Waals surface area (Å²) in [6, 6.07) is 27.4. The Morgan fingerprint density at radius 1 is 0.533 bits per heavy atom. The average Bonchev–Trinajstić information content (AvgIpc) is 2.80. The molecule has 4 aromatic rings. The van der Waals surface area contributed by atoms with Crippen LogP contribution in [0.2, 0.25) is 0 Å². The van der Waals surface area contributed by atoms with Crippen LogP contribution in [0.5, 0.6) is 23.0 Å². The van der Waals surface area contributed by atoms with Crippen molar-refractivity contribution in [3.05, 3.63) is 118 Å². The first-order valence-corrected chi connectivity index (χ1v) is 10.1. The quantitative estimate of drug-likeness (QED) is 0.325. The van der Waals surface area contributed by atoms with Gasteiger partial charge in [-0.1, -0.05) is 60.7 Å². The molecular formula is C27H18O3. The van der Waals surface area contributed by atoms with Gasteiger partial charge in [-0.2, -0.15) is 0 Å². The van der Waals surface area contributed by atoms with Gasteiger partial charge in [0.15, 0.2) is 5.78 Å². The van der Waals surface area contributed by atoms with Gasteiger partial charge >= 0.3 is 0 Å². The van der Waals surface area contributed by atoms with Crippen molar-refractivity contribution >= 4 is 5.78 Å². The largest absolute Gasteiger partial charge is 0.457 e. The third-order valence-electron chi connectivity index (χ3n) is 5.87. The highest BCUT2D eigenvalue weighted by molar-refractivity contribution is 6.11. The summed E-state index contributed by atoms with van der Waals surface area (Å²) in [5.41, 5.74) is 5.45. The van der Waals surface area contributed by atoms with Crippen LogP contribution in [0.25, 0.3) is 0 Å². The lowest BCUT2D eigenvalue weighted by atomic mass is 9.88. The number of carbonyl (C=O) groups is 1. The van der Waals surface area contributed by atoms with E-state index in [1.165, 1.54) is 0 Å². The molecule has 0 atom stereocenters. The van der Waals surface area contributed by atoms with Crippen LogP contribution in [0.4, 0.5) is 0 Å². The van der Waals surface area contributed by atoms with Gasteiger partial charge in [-0.05, 0) is 35.4 Å². The van der Waals surface area contributed by atoms with E-state index in [1.54, 1.807) is 0 Å². The van der Waals surface area contributed by atoms with E-state index in [9.17, 15) is 4.79 Å². The van der Waals surface area contributed by atoms with Gasteiger partial charge in [0, 0.05) is 35.1 Å². The molecule has 0 aromatic heterocycles. The van der Waals surface area contributed by atoms with E-state index in [4.69, 9.17) is 9.47 Å². The van der Waals surface area contributed by atoms with E-state index >= 15 is 0 Å². The van der Waals surface area contributed by atoms with Crippen molar-refractivity contribution in [3.63, 3.8) is 0 Å². The van der Waals surface area contributed by atoms with Crippen LogP contribution in [-0.4, -0.2) is 5.78 Å². The second kappa shape index (κ2) is 6.60. The Hall–Kier alpha value is -3.85. The molecular weight excluding hydrogens is 372 g/mol. The highest BCUT2D eigenvalue weighted by Crippen LogP contribution is 2.41. The van der Waals surface area contributed by atoms with Crippen LogP contribution >= 0.6 is 0 Å². The SMILES string of the molecule is O=C(c1cccc2c1Cc1ccccc1O2)c1cccc2c1Cc1ccccc1O2. The summed E-state index contributed by atoms with van der Waals surface area (Å²) in [7, 11) is 0. The monoisotopic (exact) mass is 390 g/mol. The molecule has 0 aliphatic carbocycles. The van der Waals surface area contributed by atoms with E-state index in [2.05, 4.69) is 12.1 Å². The summed E-state index contributed by atoms with van der Waals surface area (Å²) >= 11 is 0. The summed E-state index contributed by atoms with van der Waals surface area (Å²) in [4.78, 5) is 13.7. The van der Waals surface area contributed by atoms with Gasteiger partial charge in [0.25, 0.3) is 0 Å². The number of carbonyl (C=O) groups excluding carboxylic acids is 1. The molecule has 0 bridgehead atoms. The summed E-state index contributed by atoms with van der Waals surface area (Å²) < 4.78 is 12.2. The minimum absolute atomic E-state index is 0.00895. The molecule has 6 rings (SSSR count). The average molecular weight is 390 g/mol. The van der Waals surface area contributed by atoms with Gasteiger partial charge < -0.3 is 9.47 Å². The topological polar surface area (TPSA) is 35.5 Å². The number of fused-ring (bicyclic) bond motifs is 4. The fraction of sp³-hybridized carbons (Fsp3) is 0.0741. The molecule has 2 aliphatic heterocycles. The van der Waals surface area contributed by atoms with Gasteiger partial charge in [-0.15, -0.1) is 0 Å². The maximum absolute atomic E-state index is 13.7. The number of benzene rings is 4. The fourth-order valence-corrected chi connectivity index (χ4v) is 4.37. The lowest BCUT2D eigenvalue weighted by Crippen LogP contribution is -2.14. The Morgan fingerprint density at radius 2 is 0.967 bits per heavy atom. The van der Waals surface area contributed by atoms with Gasteiger partial charge in [-0.3, -0.25) is 4.79 Å². The molecule has 0 unspecified atom stereocenters. The van der Waals surface area contributed by atoms with Crippen molar-refractivity contribution in [2.45, 2.75) is 12.8 Å². The lowest BCUT2D eigenvalue weighted by Gasteiger charge is -2.24. The molecule has 0 N–H and O–H groups in total. The molecule has 0 amide bonds. The van der Waals surface area contributed by atoms with Gasteiger partial charge in [-0.25, -0.2) is 0 Å². The molecule has 30 heavy (non-hydrogen) atoms. The van der Waals surface area contributed by atoms with E-state index in [1.807, 2.05) is 72.8 Å². The molecule has 3 nitrogen and oxygen atoms in total. The van der Waals surface area contributed by atoms with E-state index in [0.29, 0.717) is 24.0 Å². The number of rotatable bonds is 2. The minimum Gasteiger partial charge on any atom is -0.457 e. The van der Waals surface area contributed by atoms with Crippen molar-refractivity contribution < 1.29 is 14.3 Å². The predicted octanol–water partition coefficient (Wildman–Crippen LogP) is 6.31. The Morgan fingerprint density at radius 3 is 1.47 bits per heavy atom. The van der Waals surface area contributed by atoms with Crippen molar-refractivity contribution in [1.82, 2.24) is 0 Å². The van der Waals surface area contributed by atoms with Crippen LogP contribution in [0.3, 0.4) is 0 Å². The Balaban J connectivity index is 1.43. The maximum atomic E-state index is 13.7. The predicted molar refractivity (Wildman–Crippen MR) is 115 cm³/mol. The normalized spacial score (nSPS) is 13.1. The number of para-hydroxylation sites is 2. The fourth-order valence-electron chi connectivity index (χ4n) is 4.37. The third kappa shape index (κ3) is 2.63. The maximum Gasteiger partial charge on any atom is 0.193 e. The number of ketones is 1. The highest BCUT2D eigenvalue weighted by atomic mass is 16.5. The summed E-state index contributed by atoms with van der Waals surface area (Å²) in [6.07, 6.45) is 1.36. The van der Waals surface area contributed by atoms with Crippen LogP contribution in [0.15, 0.2) is 84.9 Å². The number of ether oxygens (including phenoxy) is 2. The molecule has 0 saturated carbocycles. The molecule has 2 aliphatic rings. The summed E-state index contributed by atoms with van der Waals surface area (Å²) in [5, 5.41) is 0. The first kappa shape index (κ1) is 17.0. The zero-order valence-electron chi connectivity index (χ0n) is 16.2. The zero-order chi connectivity index (χ0) is 20.1. The number of hydrogen-bond donors (Lipinski definition) is 0. The van der Waals surface area contributed by atoms with Crippen LogP contribution in [0, 0.1) is 0 Å². The first-order valence-electron chi connectivity index (χ1n) is 10.1. The second-order valence-electron chi connectivity index (χ2n) is 7.67. The third-order valence-corrected chi connectivity index (χ3v) is 5.87. The van der Waals surface area contributed by atoms with Gasteiger partial charge in [0.2, 0.25) is 0 Å². The lowest BCUT2D eigenvalue weighted by molar-refractivity contribution is 0.103. The zero-order valence-corrected chi connectivity index (χ0v) is 16.2. The van der Waals surface area contributed by atoms with Crippen LogP contribution in [-0.2, 0) is 12.8 Å². The molecule has 0 saturated heterocycles. The molecule has 0 radical (unpaired) electrons. The molecule has 4 aromatic carbocycles. The highest BCUT2D eigenvalue weighted by Gasteiger charge is 2.27. The Bertz CT molecular complexity index is 1220. The first-order chi connectivity index (χ1) is 14.8. The van der Waals surface area contributed by atoms with Crippen LogP contribution < -0.4 is 9.47 Å². The molecule has 0 spiro atoms. The number of hydrogen-bond acceptors (Lipinski definition) is 3. The Kier molecular flexibility index (Phi) is 3.75. The molecule has 0 fully saturated rings. The van der Waals surface area contributed by atoms with Crippen molar-refractivity contribution in [2.75, 3.05) is 0 Å². The second-order valence-corrected chi connectivity index (χ2v) is 7.67. The summed E-state index contributed by atoms with van der Waals surface area (Å²) in [6.45, 7) is 0. The standard InChI is InChI=1S/C27H18O3/c28-27(19-9-5-13-25-21(19)15-17-7-1-3-11-23(17)29-25)20-10-6-14-26-22(20)16-18-8-2-4-12-24(18)30-26/h1-14H,15-16H2. The van der Waals surface area contributed by atoms with E-state index < -0.39 is 0 Å². The van der Waals surface area contributed by atoms with Crippen molar-refractivity contribution in [1.29, 1.82) is 0 Å². The van der Waals surface area contributed by atoms with Crippen LogP contribution in [0.1, 0.15) is 38.2 Å². The summed E-state index contributed by atoms with van der Waals surface area (Å²) in [5.74, 6) is 3.24. The molecule has 2 heterocycles. The van der Waals surface area contributed by atoms with Gasteiger partial charge in [0.1, 0.15) is 23.0 Å². The van der Waals surface area contributed by atoms with Crippen molar-refractivity contribution in [3.8, 4) is 23.0 Å². The Labute approximate surface area is 174 Å². The molecule has 3 heteroatoms.